The first kappa shape index (κ1) is 9.19. The molecule has 0 bridgehead atoms. The molecule has 1 aliphatic rings. The zero-order chi connectivity index (χ0) is 9.31. The largest absolute Gasteiger partial charge is 0.293 e. The first-order chi connectivity index (χ1) is 6.21. The van der Waals surface area contributed by atoms with Crippen LogP contribution < -0.4 is 5.32 Å². The van der Waals surface area contributed by atoms with Gasteiger partial charge in [-0.15, -0.1) is 0 Å². The van der Waals surface area contributed by atoms with Crippen LogP contribution >= 0.6 is 16.1 Å². The topological polar surface area (TPSA) is 15.3 Å². The first-order valence-electron chi connectivity index (χ1n) is 4.42. The Hall–Kier alpha value is -0.380. The van der Waals surface area contributed by atoms with Gasteiger partial charge in [0.15, 0.2) is 0 Å². The second-order valence-electron chi connectivity index (χ2n) is 3.65. The highest BCUT2D eigenvalue weighted by atomic mass is 79.9. The van der Waals surface area contributed by atoms with E-state index >= 15 is 0 Å². The molecule has 13 heavy (non-hydrogen) atoms. The van der Waals surface area contributed by atoms with Crippen LogP contribution in [0, 0.1) is 0 Å². The molecule has 1 unspecified atom stereocenters. The number of nitrogens with zero attached hydrogens (tertiary/aromatic N) is 1. The van der Waals surface area contributed by atoms with Crippen LogP contribution in [0.15, 0.2) is 30.3 Å². The second-order valence-corrected chi connectivity index (χ2v) is 4.66. The molecule has 1 saturated heterocycles. The van der Waals surface area contributed by atoms with E-state index in [-0.39, 0.29) is 5.54 Å². The molecule has 2 rings (SSSR count). The van der Waals surface area contributed by atoms with Gasteiger partial charge in [0.2, 0.25) is 0 Å². The minimum absolute atomic E-state index is 0.0881. The zero-order valence-corrected chi connectivity index (χ0v) is 9.21. The lowest BCUT2D eigenvalue weighted by atomic mass is 9.93. The predicted molar refractivity (Wildman–Crippen MR) is 57.4 cm³/mol. The van der Waals surface area contributed by atoms with Crippen molar-refractivity contribution in [3.63, 3.8) is 0 Å². The molecule has 0 amide bonds. The molecule has 0 aliphatic carbocycles. The molecule has 1 fully saturated rings. The fourth-order valence-electron chi connectivity index (χ4n) is 1.71. The van der Waals surface area contributed by atoms with Gasteiger partial charge < -0.3 is 0 Å². The van der Waals surface area contributed by atoms with Gasteiger partial charge >= 0.3 is 0 Å². The van der Waals surface area contributed by atoms with Crippen LogP contribution in [0.2, 0.25) is 0 Å². The Labute approximate surface area is 87.3 Å². The summed E-state index contributed by atoms with van der Waals surface area (Å²) in [7, 11) is 0. The smallest absolute Gasteiger partial charge is 0.0592 e. The van der Waals surface area contributed by atoms with Crippen LogP contribution in [-0.2, 0) is 5.54 Å². The molecule has 1 aliphatic heterocycles. The molecule has 2 nitrogen and oxygen atoms in total. The highest BCUT2D eigenvalue weighted by molar-refractivity contribution is 9.07. The van der Waals surface area contributed by atoms with Crippen LogP contribution in [0.25, 0.3) is 0 Å². The molecular formula is C10H13BrN2. The molecule has 1 heterocycles. The maximum absolute atomic E-state index is 3.48. The van der Waals surface area contributed by atoms with Crippen molar-refractivity contribution >= 4 is 16.1 Å². The molecule has 0 radical (unpaired) electrons. The summed E-state index contributed by atoms with van der Waals surface area (Å²) >= 11 is 3.48. The van der Waals surface area contributed by atoms with Crippen molar-refractivity contribution in [1.29, 1.82) is 0 Å². The van der Waals surface area contributed by atoms with Gasteiger partial charge in [-0.25, -0.2) is 3.93 Å². The van der Waals surface area contributed by atoms with E-state index in [4.69, 9.17) is 0 Å². The fourth-order valence-corrected chi connectivity index (χ4v) is 2.34. The standard InChI is InChI=1S/C10H13BrN2/c1-10(7-13(11)8-12-10)9-5-3-2-4-6-9/h2-6,12H,7-8H2,1H3. The van der Waals surface area contributed by atoms with E-state index < -0.39 is 0 Å². The molecule has 0 aromatic heterocycles. The summed E-state index contributed by atoms with van der Waals surface area (Å²) in [5.41, 5.74) is 1.43. The number of nitrogens with one attached hydrogen (secondary N) is 1. The summed E-state index contributed by atoms with van der Waals surface area (Å²) in [5.74, 6) is 0. The third kappa shape index (κ3) is 1.77. The number of hydrogen-bond donors (Lipinski definition) is 1. The van der Waals surface area contributed by atoms with Crippen LogP contribution in [0.5, 0.6) is 0 Å². The first-order valence-corrected chi connectivity index (χ1v) is 5.13. The number of hydrogen-bond acceptors (Lipinski definition) is 2. The van der Waals surface area contributed by atoms with Crippen molar-refractivity contribution in [3.05, 3.63) is 35.9 Å². The second kappa shape index (κ2) is 3.40. The average Bonchev–Trinajstić information content (AvgIpc) is 2.49. The van der Waals surface area contributed by atoms with E-state index in [2.05, 4.69) is 56.6 Å². The van der Waals surface area contributed by atoms with Crippen LogP contribution in [0.4, 0.5) is 0 Å². The van der Waals surface area contributed by atoms with Gasteiger partial charge in [-0.05, 0) is 12.5 Å². The Kier molecular flexibility index (Phi) is 2.41. The molecule has 3 heteroatoms. The third-order valence-electron chi connectivity index (χ3n) is 2.54. The minimum atomic E-state index is 0.0881. The quantitative estimate of drug-likeness (QED) is 0.757. The lowest BCUT2D eigenvalue weighted by Gasteiger charge is -2.23. The van der Waals surface area contributed by atoms with Gasteiger partial charge in [-0.2, -0.15) is 0 Å². The van der Waals surface area contributed by atoms with E-state index in [1.807, 2.05) is 6.07 Å². The van der Waals surface area contributed by atoms with E-state index in [1.165, 1.54) is 5.56 Å². The maximum atomic E-state index is 3.48. The molecule has 1 N–H and O–H groups in total. The average molecular weight is 241 g/mol. The third-order valence-corrected chi connectivity index (χ3v) is 3.04. The summed E-state index contributed by atoms with van der Waals surface area (Å²) in [5, 5.41) is 3.48. The van der Waals surface area contributed by atoms with Crippen LogP contribution in [-0.4, -0.2) is 17.1 Å². The number of rotatable bonds is 1. The monoisotopic (exact) mass is 240 g/mol. The SMILES string of the molecule is CC1(c2ccccc2)CN(Br)CN1. The number of benzene rings is 1. The summed E-state index contributed by atoms with van der Waals surface area (Å²) in [6.07, 6.45) is 0. The normalized spacial score (nSPS) is 29.4. The Morgan fingerprint density at radius 2 is 2.08 bits per heavy atom. The molecule has 70 valence electrons. The van der Waals surface area contributed by atoms with Crippen molar-refractivity contribution in [3.8, 4) is 0 Å². The summed E-state index contributed by atoms with van der Waals surface area (Å²) in [6, 6.07) is 10.5. The van der Waals surface area contributed by atoms with Gasteiger partial charge in [0.1, 0.15) is 0 Å². The van der Waals surface area contributed by atoms with E-state index in [0.717, 1.165) is 13.2 Å². The van der Waals surface area contributed by atoms with Crippen molar-refractivity contribution in [1.82, 2.24) is 9.24 Å². The molecule has 0 saturated carbocycles. The fraction of sp³-hybridized carbons (Fsp3) is 0.400. The van der Waals surface area contributed by atoms with Crippen molar-refractivity contribution in [2.45, 2.75) is 12.5 Å². The molecule has 1 atom stereocenters. The lowest BCUT2D eigenvalue weighted by Crippen LogP contribution is -2.35. The van der Waals surface area contributed by atoms with Crippen LogP contribution in [0.1, 0.15) is 12.5 Å². The summed E-state index contributed by atoms with van der Waals surface area (Å²) < 4.78 is 2.11. The molecule has 1 aromatic carbocycles. The van der Waals surface area contributed by atoms with Gasteiger partial charge in [0.05, 0.1) is 12.2 Å². The van der Waals surface area contributed by atoms with E-state index in [9.17, 15) is 0 Å². The van der Waals surface area contributed by atoms with Crippen LogP contribution in [0.3, 0.4) is 0 Å². The molecule has 0 spiro atoms. The Balaban J connectivity index is 2.26. The summed E-state index contributed by atoms with van der Waals surface area (Å²) in [4.78, 5) is 0. The van der Waals surface area contributed by atoms with Crippen molar-refractivity contribution in [2.24, 2.45) is 0 Å². The summed E-state index contributed by atoms with van der Waals surface area (Å²) in [6.45, 7) is 4.12. The van der Waals surface area contributed by atoms with Gasteiger partial charge in [0.25, 0.3) is 0 Å². The molecular weight excluding hydrogens is 228 g/mol. The van der Waals surface area contributed by atoms with Crippen molar-refractivity contribution < 1.29 is 0 Å². The highest BCUT2D eigenvalue weighted by Crippen LogP contribution is 2.27. The Morgan fingerprint density at radius 1 is 1.38 bits per heavy atom. The Morgan fingerprint density at radius 3 is 2.62 bits per heavy atom. The van der Waals surface area contributed by atoms with Crippen molar-refractivity contribution in [2.75, 3.05) is 13.2 Å². The zero-order valence-electron chi connectivity index (χ0n) is 7.63. The van der Waals surface area contributed by atoms with Gasteiger partial charge in [-0.1, -0.05) is 30.3 Å². The van der Waals surface area contributed by atoms with Gasteiger partial charge in [-0.3, -0.25) is 5.32 Å². The predicted octanol–water partition coefficient (Wildman–Crippen LogP) is 2.07. The maximum Gasteiger partial charge on any atom is 0.0592 e. The van der Waals surface area contributed by atoms with E-state index in [0.29, 0.717) is 0 Å². The van der Waals surface area contributed by atoms with E-state index in [1.54, 1.807) is 0 Å². The minimum Gasteiger partial charge on any atom is -0.293 e. The molecule has 1 aromatic rings. The lowest BCUT2D eigenvalue weighted by molar-refractivity contribution is 0.451. The Bertz CT molecular complexity index is 288. The van der Waals surface area contributed by atoms with Gasteiger partial charge in [0, 0.05) is 22.7 Å². The highest BCUT2D eigenvalue weighted by Gasteiger charge is 2.33. The number of halogens is 1.